The molecule has 98 valence electrons. The summed E-state index contributed by atoms with van der Waals surface area (Å²) in [5.41, 5.74) is 0. The molecule has 1 N–H and O–H groups in total. The van der Waals surface area contributed by atoms with Gasteiger partial charge in [-0.05, 0) is 6.92 Å². The molecule has 1 aromatic heterocycles. The first kappa shape index (κ1) is 13.0. The van der Waals surface area contributed by atoms with Gasteiger partial charge < -0.3 is 15.0 Å². The topological polar surface area (TPSA) is 67.4 Å². The van der Waals surface area contributed by atoms with E-state index < -0.39 is 0 Å². The third-order valence-corrected chi connectivity index (χ3v) is 2.84. The van der Waals surface area contributed by atoms with Crippen LogP contribution in [-0.2, 0) is 9.53 Å². The Kier molecular flexibility index (Phi) is 4.33. The number of amides is 1. The highest BCUT2D eigenvalue weighted by Crippen LogP contribution is 2.09. The van der Waals surface area contributed by atoms with E-state index in [9.17, 15) is 4.79 Å². The smallest absolute Gasteiger partial charge is 0.244 e. The van der Waals surface area contributed by atoms with Crippen LogP contribution in [0.4, 0.5) is 5.82 Å². The summed E-state index contributed by atoms with van der Waals surface area (Å²) in [7, 11) is 0. The summed E-state index contributed by atoms with van der Waals surface area (Å²) in [4.78, 5) is 21.8. The van der Waals surface area contributed by atoms with Gasteiger partial charge in [0.25, 0.3) is 0 Å². The normalized spacial score (nSPS) is 17.3. The van der Waals surface area contributed by atoms with Crippen molar-refractivity contribution in [3.63, 3.8) is 0 Å². The number of hydrogen-bond donors (Lipinski definition) is 1. The molecule has 1 amide bonds. The van der Waals surface area contributed by atoms with E-state index in [4.69, 9.17) is 16.3 Å². The van der Waals surface area contributed by atoms with Crippen molar-refractivity contribution < 1.29 is 9.53 Å². The number of hydrogen-bond acceptors (Lipinski definition) is 5. The van der Waals surface area contributed by atoms with Crippen LogP contribution in [0.5, 0.6) is 0 Å². The lowest BCUT2D eigenvalue weighted by Crippen LogP contribution is -2.47. The van der Waals surface area contributed by atoms with Crippen molar-refractivity contribution >= 4 is 23.3 Å². The Bertz CT molecular complexity index is 423. The van der Waals surface area contributed by atoms with Crippen LogP contribution in [0.25, 0.3) is 0 Å². The van der Waals surface area contributed by atoms with Gasteiger partial charge >= 0.3 is 0 Å². The van der Waals surface area contributed by atoms with Crippen LogP contribution in [0.3, 0.4) is 0 Å². The Morgan fingerprint density at radius 3 is 2.89 bits per heavy atom. The zero-order chi connectivity index (χ0) is 13.0. The van der Waals surface area contributed by atoms with Gasteiger partial charge in [-0.15, -0.1) is 0 Å². The van der Waals surface area contributed by atoms with E-state index in [0.717, 1.165) is 0 Å². The summed E-state index contributed by atoms with van der Waals surface area (Å²) in [5, 5.41) is 3.29. The number of rotatable bonds is 3. The van der Waals surface area contributed by atoms with Crippen LogP contribution in [0.1, 0.15) is 6.92 Å². The molecule has 1 aromatic rings. The summed E-state index contributed by atoms with van der Waals surface area (Å²) in [5.74, 6) is 0.525. The lowest BCUT2D eigenvalue weighted by molar-refractivity contribution is -0.135. The Labute approximate surface area is 110 Å². The summed E-state index contributed by atoms with van der Waals surface area (Å²) >= 11 is 5.73. The Morgan fingerprint density at radius 2 is 2.22 bits per heavy atom. The Hall–Kier alpha value is -1.40. The molecule has 0 bridgehead atoms. The maximum atomic E-state index is 12.1. The molecule has 0 spiro atoms. The fourth-order valence-electron chi connectivity index (χ4n) is 1.75. The molecule has 1 aliphatic rings. The van der Waals surface area contributed by atoms with Crippen LogP contribution < -0.4 is 5.32 Å². The van der Waals surface area contributed by atoms with Crippen LogP contribution in [0.15, 0.2) is 12.4 Å². The van der Waals surface area contributed by atoms with Crippen LogP contribution >= 0.6 is 11.6 Å². The van der Waals surface area contributed by atoms with Gasteiger partial charge in [0.05, 0.1) is 25.6 Å². The van der Waals surface area contributed by atoms with Crippen molar-refractivity contribution in [3.05, 3.63) is 17.5 Å². The number of anilines is 1. The highest BCUT2D eigenvalue weighted by atomic mass is 35.5. The van der Waals surface area contributed by atoms with E-state index in [1.807, 2.05) is 0 Å². The quantitative estimate of drug-likeness (QED) is 0.880. The maximum absolute atomic E-state index is 12.1. The first-order valence-electron chi connectivity index (χ1n) is 5.77. The van der Waals surface area contributed by atoms with Crippen LogP contribution in [0.2, 0.25) is 5.15 Å². The second-order valence-electron chi connectivity index (χ2n) is 4.03. The molecule has 0 saturated carbocycles. The van der Waals surface area contributed by atoms with Gasteiger partial charge in [0, 0.05) is 13.1 Å². The number of nitrogens with one attached hydrogen (secondary N) is 1. The first-order valence-corrected chi connectivity index (χ1v) is 6.15. The number of halogens is 1. The maximum Gasteiger partial charge on any atom is 0.244 e. The van der Waals surface area contributed by atoms with E-state index in [1.165, 1.54) is 12.4 Å². The van der Waals surface area contributed by atoms with Crippen molar-refractivity contribution in [3.8, 4) is 0 Å². The predicted octanol–water partition coefficient (Wildman–Crippen LogP) is 0.789. The summed E-state index contributed by atoms with van der Waals surface area (Å²) < 4.78 is 5.21. The lowest BCUT2D eigenvalue weighted by atomic mass is 10.2. The summed E-state index contributed by atoms with van der Waals surface area (Å²) in [6.45, 7) is 4.24. The number of morpholine rings is 1. The minimum absolute atomic E-state index is 0.0278. The molecule has 0 radical (unpaired) electrons. The largest absolute Gasteiger partial charge is 0.378 e. The fourth-order valence-corrected chi connectivity index (χ4v) is 1.90. The van der Waals surface area contributed by atoms with E-state index >= 15 is 0 Å². The monoisotopic (exact) mass is 270 g/mol. The molecule has 1 fully saturated rings. The molecule has 1 atom stereocenters. The van der Waals surface area contributed by atoms with Crippen molar-refractivity contribution in [2.75, 3.05) is 31.6 Å². The molecule has 7 heteroatoms. The van der Waals surface area contributed by atoms with E-state index in [0.29, 0.717) is 37.3 Å². The molecule has 1 saturated heterocycles. The van der Waals surface area contributed by atoms with Gasteiger partial charge in [-0.3, -0.25) is 9.78 Å². The van der Waals surface area contributed by atoms with Gasteiger partial charge in [0.2, 0.25) is 5.91 Å². The highest BCUT2D eigenvalue weighted by Gasteiger charge is 2.22. The van der Waals surface area contributed by atoms with Gasteiger partial charge in [-0.1, -0.05) is 11.6 Å². The van der Waals surface area contributed by atoms with Gasteiger partial charge in [0.15, 0.2) is 0 Å². The molecule has 0 aliphatic carbocycles. The van der Waals surface area contributed by atoms with E-state index in [1.54, 1.807) is 11.8 Å². The Morgan fingerprint density at radius 1 is 1.50 bits per heavy atom. The minimum Gasteiger partial charge on any atom is -0.378 e. The fraction of sp³-hybridized carbons (Fsp3) is 0.545. The standard InChI is InChI=1S/C11H15ClN4O2/c1-8(11(17)16-2-4-18-5-3-16)14-10-7-13-6-9(12)15-10/h6-8H,2-5H2,1H3,(H,14,15). The first-order chi connectivity index (χ1) is 8.66. The second-order valence-corrected chi connectivity index (χ2v) is 4.42. The van der Waals surface area contributed by atoms with Gasteiger partial charge in [0.1, 0.15) is 17.0 Å². The second kappa shape index (κ2) is 5.97. The minimum atomic E-state index is -0.365. The molecule has 0 aromatic carbocycles. The van der Waals surface area contributed by atoms with Crippen LogP contribution in [-0.4, -0.2) is 53.1 Å². The zero-order valence-electron chi connectivity index (χ0n) is 10.1. The SMILES string of the molecule is CC(Nc1cncc(Cl)n1)C(=O)N1CCOCC1. The zero-order valence-corrected chi connectivity index (χ0v) is 10.9. The van der Waals surface area contributed by atoms with Gasteiger partial charge in [-0.25, -0.2) is 4.98 Å². The molecule has 1 aliphatic heterocycles. The third-order valence-electron chi connectivity index (χ3n) is 2.66. The molecular weight excluding hydrogens is 256 g/mol. The molecule has 1 unspecified atom stereocenters. The van der Waals surface area contributed by atoms with Crippen molar-refractivity contribution in [2.45, 2.75) is 13.0 Å². The van der Waals surface area contributed by atoms with E-state index in [-0.39, 0.29) is 11.9 Å². The van der Waals surface area contributed by atoms with Crippen molar-refractivity contribution in [2.24, 2.45) is 0 Å². The number of ether oxygens (including phenoxy) is 1. The number of aromatic nitrogens is 2. The summed E-state index contributed by atoms with van der Waals surface area (Å²) in [6.07, 6.45) is 2.98. The number of nitrogens with zero attached hydrogens (tertiary/aromatic N) is 3. The molecule has 2 heterocycles. The van der Waals surface area contributed by atoms with Crippen molar-refractivity contribution in [1.29, 1.82) is 0 Å². The predicted molar refractivity (Wildman–Crippen MR) is 67.5 cm³/mol. The van der Waals surface area contributed by atoms with Crippen LogP contribution in [0, 0.1) is 0 Å². The lowest BCUT2D eigenvalue weighted by Gasteiger charge is -2.29. The summed E-state index contributed by atoms with van der Waals surface area (Å²) in [6, 6.07) is -0.365. The average molecular weight is 271 g/mol. The van der Waals surface area contributed by atoms with Gasteiger partial charge in [-0.2, -0.15) is 0 Å². The van der Waals surface area contributed by atoms with Crippen molar-refractivity contribution in [1.82, 2.24) is 14.9 Å². The highest BCUT2D eigenvalue weighted by molar-refractivity contribution is 6.29. The molecule has 6 nitrogen and oxygen atoms in total. The number of carbonyl (C=O) groups excluding carboxylic acids is 1. The molecule has 2 rings (SSSR count). The van der Waals surface area contributed by atoms with E-state index in [2.05, 4.69) is 15.3 Å². The molecular formula is C11H15ClN4O2. The third kappa shape index (κ3) is 3.30. The Balaban J connectivity index is 1.94. The molecule has 18 heavy (non-hydrogen) atoms. The number of carbonyl (C=O) groups is 1. The average Bonchev–Trinajstić information content (AvgIpc) is 2.39.